The second kappa shape index (κ2) is 8.73. The third-order valence-electron chi connectivity index (χ3n) is 3.54. The van der Waals surface area contributed by atoms with Crippen molar-refractivity contribution in [3.63, 3.8) is 0 Å². The summed E-state index contributed by atoms with van der Waals surface area (Å²) < 4.78 is 11.0. The number of amides is 2. The lowest BCUT2D eigenvalue weighted by molar-refractivity contribution is -0.133. The number of para-hydroxylation sites is 2. The number of carbonyl (C=O) groups excluding carboxylic acids is 2. The summed E-state index contributed by atoms with van der Waals surface area (Å²) in [6.45, 7) is 5.19. The monoisotopic (exact) mass is 342 g/mol. The van der Waals surface area contributed by atoms with Crippen LogP contribution in [0.25, 0.3) is 0 Å². The molecular formula is C19H22N2O4. The van der Waals surface area contributed by atoms with Gasteiger partial charge in [0.1, 0.15) is 11.5 Å². The fourth-order valence-corrected chi connectivity index (χ4v) is 2.06. The highest BCUT2D eigenvalue weighted by Crippen LogP contribution is 2.18. The van der Waals surface area contributed by atoms with E-state index in [9.17, 15) is 9.59 Å². The smallest absolute Gasteiger partial charge is 0.279 e. The summed E-state index contributed by atoms with van der Waals surface area (Å²) in [4.78, 5) is 23.8. The number of nitrogens with one attached hydrogen (secondary N) is 2. The molecule has 0 aliphatic heterocycles. The van der Waals surface area contributed by atoms with E-state index in [1.807, 2.05) is 50.2 Å². The lowest BCUT2D eigenvalue weighted by atomic mass is 10.2. The SMILES string of the molecule is Cc1ccccc1OCC(=O)NNC(=O)C(C)Oc1ccccc1C. The van der Waals surface area contributed by atoms with Gasteiger partial charge in [0.25, 0.3) is 11.8 Å². The van der Waals surface area contributed by atoms with Crippen LogP contribution in [0.5, 0.6) is 11.5 Å². The Kier molecular flexibility index (Phi) is 6.39. The van der Waals surface area contributed by atoms with Gasteiger partial charge < -0.3 is 9.47 Å². The third-order valence-corrected chi connectivity index (χ3v) is 3.54. The quantitative estimate of drug-likeness (QED) is 0.790. The van der Waals surface area contributed by atoms with E-state index in [-0.39, 0.29) is 6.61 Å². The molecule has 6 heteroatoms. The normalized spacial score (nSPS) is 11.3. The maximum absolute atomic E-state index is 12.0. The van der Waals surface area contributed by atoms with Crippen LogP contribution < -0.4 is 20.3 Å². The number of aryl methyl sites for hydroxylation is 2. The summed E-state index contributed by atoms with van der Waals surface area (Å²) in [5.41, 5.74) is 6.50. The molecule has 132 valence electrons. The fourth-order valence-electron chi connectivity index (χ4n) is 2.06. The molecule has 0 radical (unpaired) electrons. The highest BCUT2D eigenvalue weighted by atomic mass is 16.5. The first-order valence-electron chi connectivity index (χ1n) is 7.97. The molecule has 0 aliphatic carbocycles. The molecule has 0 heterocycles. The first kappa shape index (κ1) is 18.3. The molecule has 1 atom stereocenters. The van der Waals surface area contributed by atoms with Crippen molar-refractivity contribution in [2.24, 2.45) is 0 Å². The van der Waals surface area contributed by atoms with Gasteiger partial charge in [0, 0.05) is 0 Å². The zero-order valence-corrected chi connectivity index (χ0v) is 14.5. The van der Waals surface area contributed by atoms with Crippen molar-refractivity contribution in [2.75, 3.05) is 6.61 Å². The Morgan fingerprint density at radius 3 is 2.08 bits per heavy atom. The van der Waals surface area contributed by atoms with Crippen LogP contribution in [-0.2, 0) is 9.59 Å². The molecule has 25 heavy (non-hydrogen) atoms. The lowest BCUT2D eigenvalue weighted by Crippen LogP contribution is -2.48. The number of rotatable bonds is 6. The summed E-state index contributed by atoms with van der Waals surface area (Å²) in [7, 11) is 0. The molecule has 0 aromatic heterocycles. The molecule has 0 fully saturated rings. The van der Waals surface area contributed by atoms with E-state index in [4.69, 9.17) is 9.47 Å². The van der Waals surface area contributed by atoms with E-state index in [1.165, 1.54) is 0 Å². The number of benzene rings is 2. The number of hydrogen-bond donors (Lipinski definition) is 2. The highest BCUT2D eigenvalue weighted by molar-refractivity contribution is 5.85. The van der Waals surface area contributed by atoms with Crippen LogP contribution in [-0.4, -0.2) is 24.5 Å². The first-order valence-corrected chi connectivity index (χ1v) is 7.97. The van der Waals surface area contributed by atoms with E-state index in [0.717, 1.165) is 11.1 Å². The van der Waals surface area contributed by atoms with Gasteiger partial charge in [-0.1, -0.05) is 36.4 Å². The summed E-state index contributed by atoms with van der Waals surface area (Å²) in [6, 6.07) is 14.8. The maximum atomic E-state index is 12.0. The van der Waals surface area contributed by atoms with Gasteiger partial charge in [0.15, 0.2) is 12.7 Å². The van der Waals surface area contributed by atoms with E-state index in [1.54, 1.807) is 19.1 Å². The Bertz CT molecular complexity index is 746. The second-order valence-electron chi connectivity index (χ2n) is 5.62. The predicted molar refractivity (Wildman–Crippen MR) is 94.2 cm³/mol. The molecular weight excluding hydrogens is 320 g/mol. The number of ether oxygens (including phenoxy) is 2. The molecule has 1 unspecified atom stereocenters. The third kappa shape index (κ3) is 5.53. The molecule has 6 nitrogen and oxygen atoms in total. The Hall–Kier alpha value is -3.02. The number of carbonyl (C=O) groups is 2. The predicted octanol–water partition coefficient (Wildman–Crippen LogP) is 2.30. The molecule has 2 aromatic carbocycles. The summed E-state index contributed by atoms with van der Waals surface area (Å²) in [6.07, 6.45) is -0.751. The van der Waals surface area contributed by atoms with Crippen LogP contribution in [0.1, 0.15) is 18.1 Å². The van der Waals surface area contributed by atoms with Crippen molar-refractivity contribution in [3.8, 4) is 11.5 Å². The molecule has 2 rings (SSSR count). The van der Waals surface area contributed by atoms with Crippen molar-refractivity contribution in [1.82, 2.24) is 10.9 Å². The van der Waals surface area contributed by atoms with Crippen molar-refractivity contribution in [3.05, 3.63) is 59.7 Å². The number of hydrazine groups is 1. The van der Waals surface area contributed by atoms with Crippen molar-refractivity contribution < 1.29 is 19.1 Å². The largest absolute Gasteiger partial charge is 0.483 e. The average Bonchev–Trinajstić information content (AvgIpc) is 2.60. The van der Waals surface area contributed by atoms with Crippen LogP contribution in [0.3, 0.4) is 0 Å². The van der Waals surface area contributed by atoms with Crippen LogP contribution in [0, 0.1) is 13.8 Å². The zero-order chi connectivity index (χ0) is 18.2. The van der Waals surface area contributed by atoms with Crippen LogP contribution in [0.2, 0.25) is 0 Å². The molecule has 2 amide bonds. The minimum absolute atomic E-state index is 0.196. The van der Waals surface area contributed by atoms with Gasteiger partial charge in [-0.05, 0) is 44.0 Å². The van der Waals surface area contributed by atoms with Gasteiger partial charge in [0.2, 0.25) is 0 Å². The van der Waals surface area contributed by atoms with Crippen molar-refractivity contribution in [2.45, 2.75) is 26.9 Å². The molecule has 0 saturated heterocycles. The van der Waals surface area contributed by atoms with Crippen LogP contribution in [0.15, 0.2) is 48.5 Å². The van der Waals surface area contributed by atoms with E-state index in [0.29, 0.717) is 11.5 Å². The van der Waals surface area contributed by atoms with Gasteiger partial charge in [-0.15, -0.1) is 0 Å². The van der Waals surface area contributed by atoms with Gasteiger partial charge in [-0.25, -0.2) is 0 Å². The maximum Gasteiger partial charge on any atom is 0.279 e. The van der Waals surface area contributed by atoms with Crippen molar-refractivity contribution in [1.29, 1.82) is 0 Å². The molecule has 0 saturated carbocycles. The lowest BCUT2D eigenvalue weighted by Gasteiger charge is -2.16. The minimum Gasteiger partial charge on any atom is -0.483 e. The summed E-state index contributed by atoms with van der Waals surface area (Å²) in [5.74, 6) is 0.340. The highest BCUT2D eigenvalue weighted by Gasteiger charge is 2.16. The van der Waals surface area contributed by atoms with E-state index >= 15 is 0 Å². The second-order valence-corrected chi connectivity index (χ2v) is 5.62. The molecule has 0 bridgehead atoms. The van der Waals surface area contributed by atoms with Crippen LogP contribution >= 0.6 is 0 Å². The summed E-state index contributed by atoms with van der Waals surface area (Å²) in [5, 5.41) is 0. The number of hydrogen-bond acceptors (Lipinski definition) is 4. The Labute approximate surface area is 147 Å². The molecule has 2 N–H and O–H groups in total. The van der Waals surface area contributed by atoms with Crippen LogP contribution in [0.4, 0.5) is 0 Å². The van der Waals surface area contributed by atoms with Gasteiger partial charge in [-0.3, -0.25) is 20.4 Å². The first-order chi connectivity index (χ1) is 12.0. The topological polar surface area (TPSA) is 76.7 Å². The molecule has 2 aromatic rings. The molecule has 0 aliphatic rings. The molecule has 0 spiro atoms. The van der Waals surface area contributed by atoms with E-state index < -0.39 is 17.9 Å². The fraction of sp³-hybridized carbons (Fsp3) is 0.263. The average molecular weight is 342 g/mol. The minimum atomic E-state index is -0.751. The van der Waals surface area contributed by atoms with Crippen molar-refractivity contribution >= 4 is 11.8 Å². The Morgan fingerprint density at radius 2 is 1.48 bits per heavy atom. The Morgan fingerprint density at radius 1 is 0.920 bits per heavy atom. The Balaban J connectivity index is 1.76. The summed E-state index contributed by atoms with van der Waals surface area (Å²) >= 11 is 0. The van der Waals surface area contributed by atoms with E-state index in [2.05, 4.69) is 10.9 Å². The van der Waals surface area contributed by atoms with Gasteiger partial charge >= 0.3 is 0 Å². The zero-order valence-electron chi connectivity index (χ0n) is 14.5. The van der Waals surface area contributed by atoms with Gasteiger partial charge in [0.05, 0.1) is 0 Å². The standard InChI is InChI=1S/C19H22N2O4/c1-13-8-4-6-10-16(13)24-12-18(22)20-21-19(23)15(3)25-17-11-7-5-9-14(17)2/h4-11,15H,12H2,1-3H3,(H,20,22)(H,21,23). The van der Waals surface area contributed by atoms with Gasteiger partial charge in [-0.2, -0.15) is 0 Å².